The Morgan fingerprint density at radius 1 is 1.22 bits per heavy atom. The number of carbonyl (C=O) groups is 3. The molecular weight excluding hydrogens is 364 g/mol. The SMILES string of the molecule is CC(C)(C)OC(=O)N1C(=O)[C@@H]2CCC(=O)N2[C@H]2CCC[C@@H](Br)[C@@H]21. The van der Waals surface area contributed by atoms with E-state index in [1.54, 1.807) is 25.7 Å². The first-order valence-electron chi connectivity index (χ1n) is 8.22. The number of hydrogen-bond acceptors (Lipinski definition) is 4. The van der Waals surface area contributed by atoms with Crippen molar-refractivity contribution in [2.24, 2.45) is 0 Å². The molecule has 2 heterocycles. The topological polar surface area (TPSA) is 66.9 Å². The Labute approximate surface area is 144 Å². The lowest BCUT2D eigenvalue weighted by Crippen LogP contribution is -2.70. The van der Waals surface area contributed by atoms with E-state index in [0.717, 1.165) is 19.3 Å². The molecule has 2 aliphatic heterocycles. The monoisotopic (exact) mass is 386 g/mol. The number of rotatable bonds is 0. The molecule has 6 nitrogen and oxygen atoms in total. The Bertz CT molecular complexity index is 545. The Morgan fingerprint density at radius 2 is 1.91 bits per heavy atom. The number of imide groups is 1. The zero-order chi connectivity index (χ0) is 16.9. The number of ether oxygens (including phenoxy) is 1. The molecule has 7 heteroatoms. The van der Waals surface area contributed by atoms with Gasteiger partial charge in [0.2, 0.25) is 5.91 Å². The molecule has 3 fully saturated rings. The minimum Gasteiger partial charge on any atom is -0.443 e. The smallest absolute Gasteiger partial charge is 0.417 e. The van der Waals surface area contributed by atoms with Crippen LogP contribution in [0.3, 0.4) is 0 Å². The molecular formula is C16H23BrN2O4. The van der Waals surface area contributed by atoms with Crippen molar-refractivity contribution >= 4 is 33.8 Å². The van der Waals surface area contributed by atoms with Gasteiger partial charge in [-0.2, -0.15) is 0 Å². The van der Waals surface area contributed by atoms with Crippen LogP contribution in [0.4, 0.5) is 4.79 Å². The van der Waals surface area contributed by atoms with Gasteiger partial charge in [-0.1, -0.05) is 22.4 Å². The number of hydrogen-bond donors (Lipinski definition) is 0. The molecule has 0 aromatic heterocycles. The number of alkyl halides is 1. The van der Waals surface area contributed by atoms with E-state index in [0.29, 0.717) is 12.8 Å². The summed E-state index contributed by atoms with van der Waals surface area (Å²) in [7, 11) is 0. The normalized spacial score (nSPS) is 34.3. The van der Waals surface area contributed by atoms with Gasteiger partial charge in [0.05, 0.1) is 12.1 Å². The molecule has 0 aromatic carbocycles. The molecule has 0 unspecified atom stereocenters. The van der Waals surface area contributed by atoms with E-state index in [1.165, 1.54) is 4.90 Å². The number of fused-ring (bicyclic) bond motifs is 3. The molecule has 4 atom stereocenters. The molecule has 1 saturated carbocycles. The van der Waals surface area contributed by atoms with Crippen molar-refractivity contribution in [3.05, 3.63) is 0 Å². The second-order valence-electron chi connectivity index (χ2n) is 7.55. The van der Waals surface area contributed by atoms with Crippen LogP contribution in [0.2, 0.25) is 0 Å². The molecule has 1 aliphatic carbocycles. The van der Waals surface area contributed by atoms with Crippen molar-refractivity contribution < 1.29 is 19.1 Å². The third-order valence-corrected chi connectivity index (χ3v) is 5.77. The first-order valence-corrected chi connectivity index (χ1v) is 9.13. The summed E-state index contributed by atoms with van der Waals surface area (Å²) >= 11 is 3.62. The van der Waals surface area contributed by atoms with Gasteiger partial charge in [-0.05, 0) is 40.0 Å². The van der Waals surface area contributed by atoms with Gasteiger partial charge >= 0.3 is 6.09 Å². The largest absolute Gasteiger partial charge is 0.443 e. The van der Waals surface area contributed by atoms with E-state index >= 15 is 0 Å². The number of halogens is 1. The van der Waals surface area contributed by atoms with Gasteiger partial charge in [-0.15, -0.1) is 0 Å². The molecule has 0 aromatic rings. The number of piperazine rings is 1. The molecule has 128 valence electrons. The van der Waals surface area contributed by atoms with Crippen LogP contribution in [0.25, 0.3) is 0 Å². The molecule has 3 rings (SSSR count). The number of carbonyl (C=O) groups excluding carboxylic acids is 3. The summed E-state index contributed by atoms with van der Waals surface area (Å²) in [5, 5.41) is 0. The fourth-order valence-electron chi connectivity index (χ4n) is 3.93. The minimum atomic E-state index is -0.661. The molecule has 0 radical (unpaired) electrons. The number of nitrogens with zero attached hydrogens (tertiary/aromatic N) is 2. The number of amides is 3. The molecule has 0 spiro atoms. The van der Waals surface area contributed by atoms with E-state index in [2.05, 4.69) is 15.9 Å². The van der Waals surface area contributed by atoms with Gasteiger partial charge in [-0.25, -0.2) is 9.69 Å². The Balaban J connectivity index is 1.95. The Morgan fingerprint density at radius 3 is 2.57 bits per heavy atom. The minimum absolute atomic E-state index is 0.00734. The van der Waals surface area contributed by atoms with Crippen LogP contribution >= 0.6 is 15.9 Å². The highest BCUT2D eigenvalue weighted by Crippen LogP contribution is 2.40. The summed E-state index contributed by atoms with van der Waals surface area (Å²) < 4.78 is 5.46. The van der Waals surface area contributed by atoms with Gasteiger partial charge in [0.15, 0.2) is 0 Å². The lowest BCUT2D eigenvalue weighted by molar-refractivity contribution is -0.155. The fourth-order valence-corrected chi connectivity index (χ4v) is 4.85. The van der Waals surface area contributed by atoms with Crippen LogP contribution in [0.15, 0.2) is 0 Å². The summed E-state index contributed by atoms with van der Waals surface area (Å²) in [6.07, 6.45) is 2.95. The summed E-state index contributed by atoms with van der Waals surface area (Å²) in [6, 6.07) is -0.947. The maximum absolute atomic E-state index is 12.9. The van der Waals surface area contributed by atoms with E-state index < -0.39 is 17.7 Å². The summed E-state index contributed by atoms with van der Waals surface area (Å²) in [4.78, 5) is 40.8. The molecule has 3 amide bonds. The third-order valence-electron chi connectivity index (χ3n) is 4.77. The first-order chi connectivity index (χ1) is 10.7. The highest BCUT2D eigenvalue weighted by atomic mass is 79.9. The van der Waals surface area contributed by atoms with Gasteiger partial charge in [0, 0.05) is 11.2 Å². The zero-order valence-corrected chi connectivity index (χ0v) is 15.3. The summed E-state index contributed by atoms with van der Waals surface area (Å²) in [5.41, 5.74) is -0.661. The first kappa shape index (κ1) is 16.7. The Kier molecular flexibility index (Phi) is 4.19. The third kappa shape index (κ3) is 2.88. The van der Waals surface area contributed by atoms with Crippen molar-refractivity contribution in [3.8, 4) is 0 Å². The zero-order valence-electron chi connectivity index (χ0n) is 13.8. The van der Waals surface area contributed by atoms with Crippen LogP contribution in [0, 0.1) is 0 Å². The lowest BCUT2D eigenvalue weighted by Gasteiger charge is -2.51. The highest BCUT2D eigenvalue weighted by molar-refractivity contribution is 9.09. The van der Waals surface area contributed by atoms with Crippen LogP contribution in [0.5, 0.6) is 0 Å². The van der Waals surface area contributed by atoms with Crippen LogP contribution < -0.4 is 0 Å². The van der Waals surface area contributed by atoms with E-state index in [1.807, 2.05) is 0 Å². The van der Waals surface area contributed by atoms with Crippen LogP contribution in [0.1, 0.15) is 52.9 Å². The second kappa shape index (κ2) is 5.76. The van der Waals surface area contributed by atoms with Crippen LogP contribution in [-0.4, -0.2) is 56.3 Å². The maximum atomic E-state index is 12.9. The van der Waals surface area contributed by atoms with Crippen molar-refractivity contribution in [2.45, 2.75) is 81.4 Å². The highest BCUT2D eigenvalue weighted by Gasteiger charge is 2.56. The average molecular weight is 387 g/mol. The molecule has 3 aliphatic rings. The predicted molar refractivity (Wildman–Crippen MR) is 87.1 cm³/mol. The van der Waals surface area contributed by atoms with Crippen molar-refractivity contribution in [3.63, 3.8) is 0 Å². The molecule has 23 heavy (non-hydrogen) atoms. The van der Waals surface area contributed by atoms with Gasteiger partial charge in [-0.3, -0.25) is 9.59 Å². The van der Waals surface area contributed by atoms with E-state index in [4.69, 9.17) is 4.74 Å². The van der Waals surface area contributed by atoms with E-state index in [-0.39, 0.29) is 28.7 Å². The standard InChI is InChI=1S/C16H23BrN2O4/c1-16(2,3)23-15(22)19-13-9(17)5-4-6-10(13)18-11(14(19)21)7-8-12(18)20/h9-11,13H,4-8H2,1-3H3/t9-,10+,11+,13+/m1/s1. The predicted octanol–water partition coefficient (Wildman–Crippen LogP) is 2.44. The van der Waals surface area contributed by atoms with Crippen molar-refractivity contribution in [1.29, 1.82) is 0 Å². The van der Waals surface area contributed by atoms with Crippen LogP contribution in [-0.2, 0) is 14.3 Å². The van der Waals surface area contributed by atoms with E-state index in [9.17, 15) is 14.4 Å². The molecule has 0 bridgehead atoms. The lowest BCUT2D eigenvalue weighted by atomic mass is 9.85. The summed E-state index contributed by atoms with van der Waals surface area (Å²) in [5.74, 6) is -0.263. The second-order valence-corrected chi connectivity index (χ2v) is 8.73. The van der Waals surface area contributed by atoms with Gasteiger partial charge in [0.25, 0.3) is 5.91 Å². The maximum Gasteiger partial charge on any atom is 0.417 e. The summed E-state index contributed by atoms with van der Waals surface area (Å²) in [6.45, 7) is 5.36. The average Bonchev–Trinajstić information content (AvgIpc) is 2.81. The Hall–Kier alpha value is -1.11. The van der Waals surface area contributed by atoms with Gasteiger partial charge < -0.3 is 9.64 Å². The van der Waals surface area contributed by atoms with Crippen molar-refractivity contribution in [2.75, 3.05) is 0 Å². The molecule has 2 saturated heterocycles. The fraction of sp³-hybridized carbons (Fsp3) is 0.812. The van der Waals surface area contributed by atoms with Crippen molar-refractivity contribution in [1.82, 2.24) is 9.80 Å². The van der Waals surface area contributed by atoms with Gasteiger partial charge in [0.1, 0.15) is 11.6 Å². The quantitative estimate of drug-likeness (QED) is 0.599. The molecule has 0 N–H and O–H groups in total.